The highest BCUT2D eigenvalue weighted by atomic mass is 32.2. The van der Waals surface area contributed by atoms with Gasteiger partial charge >= 0.3 is 6.09 Å². The van der Waals surface area contributed by atoms with Crippen molar-refractivity contribution in [1.82, 2.24) is 14.9 Å². The minimum absolute atomic E-state index is 0.0500. The number of amides is 1. The van der Waals surface area contributed by atoms with Gasteiger partial charge in [-0.3, -0.25) is 4.90 Å². The van der Waals surface area contributed by atoms with Crippen LogP contribution in [0.5, 0.6) is 5.88 Å². The van der Waals surface area contributed by atoms with Crippen LogP contribution in [0.4, 0.5) is 16.3 Å². The van der Waals surface area contributed by atoms with E-state index in [4.69, 9.17) is 9.47 Å². The summed E-state index contributed by atoms with van der Waals surface area (Å²) < 4.78 is 34.3. The molecule has 1 aromatic heterocycles. The van der Waals surface area contributed by atoms with Crippen molar-refractivity contribution in [2.75, 3.05) is 24.7 Å². The second-order valence-electron chi connectivity index (χ2n) is 6.90. The van der Waals surface area contributed by atoms with Crippen molar-refractivity contribution in [3.05, 3.63) is 36.2 Å². The third-order valence-corrected chi connectivity index (χ3v) is 5.80. The average Bonchev–Trinajstić information content (AvgIpc) is 2.74. The van der Waals surface area contributed by atoms with Crippen molar-refractivity contribution in [3.63, 3.8) is 0 Å². The molecule has 1 unspecified atom stereocenters. The second kappa shape index (κ2) is 9.61. The minimum Gasteiger partial charge on any atom is -0.452 e. The highest BCUT2D eigenvalue weighted by Crippen LogP contribution is 2.28. The number of nitrogens with one attached hydrogen (secondary N) is 1. The van der Waals surface area contributed by atoms with E-state index in [9.17, 15) is 18.5 Å². The largest absolute Gasteiger partial charge is 0.452 e. The molecule has 31 heavy (non-hydrogen) atoms. The maximum Gasteiger partial charge on any atom is 0.412 e. The zero-order chi connectivity index (χ0) is 22.4. The molecular weight excluding hydrogens is 422 g/mol. The van der Waals surface area contributed by atoms with E-state index in [1.807, 2.05) is 6.07 Å². The summed E-state index contributed by atoms with van der Waals surface area (Å²) in [6, 6.07) is 8.10. The summed E-state index contributed by atoms with van der Waals surface area (Å²) >= 11 is 0. The van der Waals surface area contributed by atoms with Crippen molar-refractivity contribution in [2.45, 2.75) is 37.3 Å². The molecule has 0 aliphatic carbocycles. The first kappa shape index (κ1) is 22.3. The predicted octanol–water partition coefficient (Wildman–Crippen LogP) is 2.84. The van der Waals surface area contributed by atoms with Crippen LogP contribution in [-0.2, 0) is 14.6 Å². The summed E-state index contributed by atoms with van der Waals surface area (Å²) in [4.78, 5) is 22.1. The minimum atomic E-state index is -3.31. The van der Waals surface area contributed by atoms with Crippen LogP contribution >= 0.6 is 0 Å². The van der Waals surface area contributed by atoms with E-state index in [0.717, 1.165) is 19.1 Å². The normalized spacial score (nSPS) is 16.3. The molecule has 0 saturated carbocycles. The molecule has 2 heterocycles. The lowest BCUT2D eigenvalue weighted by atomic mass is 10.1. The fourth-order valence-corrected chi connectivity index (χ4v) is 3.77. The highest BCUT2D eigenvalue weighted by Gasteiger charge is 2.30. The van der Waals surface area contributed by atoms with Crippen molar-refractivity contribution in [3.8, 4) is 11.9 Å². The lowest BCUT2D eigenvalue weighted by Crippen LogP contribution is -2.47. The fraction of sp³-hybridized carbons (Fsp3) is 0.400. The van der Waals surface area contributed by atoms with Crippen molar-refractivity contribution in [1.29, 1.82) is 5.26 Å². The van der Waals surface area contributed by atoms with Crippen molar-refractivity contribution in [2.24, 2.45) is 0 Å². The Hall–Kier alpha value is -3.39. The molecule has 1 amide bonds. The molecule has 1 aliphatic rings. The number of hydrogen-bond acceptors (Lipinski definition) is 9. The van der Waals surface area contributed by atoms with Gasteiger partial charge in [0.25, 0.3) is 0 Å². The number of nitriles is 1. The Labute approximate surface area is 180 Å². The molecule has 0 spiro atoms. The van der Waals surface area contributed by atoms with Gasteiger partial charge in [-0.05, 0) is 44.0 Å². The Morgan fingerprint density at radius 2 is 2.03 bits per heavy atom. The smallest absolute Gasteiger partial charge is 0.412 e. The Kier molecular flexibility index (Phi) is 6.91. The predicted molar refractivity (Wildman–Crippen MR) is 112 cm³/mol. The summed E-state index contributed by atoms with van der Waals surface area (Å²) in [5, 5.41) is 12.7. The van der Waals surface area contributed by atoms with Crippen molar-refractivity contribution >= 4 is 27.4 Å². The standard InChI is InChI=1S/C20H23N5O5S/c1-3-29-20(26)25-11-5-4-6-17(25)30-19-16(12-21)18(22-13-23-19)24-14-7-9-15(10-8-14)31(2,27)28/h7-10,13,17H,3-6,11H2,1-2H3,(H,22,23,24). The maximum absolute atomic E-state index is 12.2. The zero-order valence-corrected chi connectivity index (χ0v) is 18.1. The zero-order valence-electron chi connectivity index (χ0n) is 17.2. The number of hydrogen-bond donors (Lipinski definition) is 1. The summed E-state index contributed by atoms with van der Waals surface area (Å²) in [7, 11) is -3.31. The van der Waals surface area contributed by atoms with E-state index < -0.39 is 22.2 Å². The van der Waals surface area contributed by atoms with E-state index in [0.29, 0.717) is 18.7 Å². The fourth-order valence-electron chi connectivity index (χ4n) is 3.14. The number of piperidine rings is 1. The molecule has 3 rings (SSSR count). The Balaban J connectivity index is 1.82. The third kappa shape index (κ3) is 5.40. The molecular formula is C20H23N5O5S. The maximum atomic E-state index is 12.2. The van der Waals surface area contributed by atoms with Crippen LogP contribution < -0.4 is 10.1 Å². The molecule has 2 aromatic rings. The number of carbonyl (C=O) groups is 1. The number of aromatic nitrogens is 2. The first-order valence-electron chi connectivity index (χ1n) is 9.75. The van der Waals surface area contributed by atoms with Crippen LogP contribution in [0.1, 0.15) is 31.7 Å². The molecule has 0 radical (unpaired) electrons. The number of sulfone groups is 1. The van der Waals surface area contributed by atoms with Crippen LogP contribution in [0.15, 0.2) is 35.5 Å². The number of benzene rings is 1. The Morgan fingerprint density at radius 1 is 1.29 bits per heavy atom. The summed E-state index contributed by atoms with van der Waals surface area (Å²) in [6.45, 7) is 2.48. The van der Waals surface area contributed by atoms with Gasteiger partial charge in [0.1, 0.15) is 12.4 Å². The quantitative estimate of drug-likeness (QED) is 0.712. The molecule has 1 N–H and O–H groups in total. The van der Waals surface area contributed by atoms with Gasteiger partial charge in [0.05, 0.1) is 11.5 Å². The lowest BCUT2D eigenvalue weighted by molar-refractivity contribution is -0.00735. The summed E-state index contributed by atoms with van der Waals surface area (Å²) in [5.74, 6) is 0.257. The van der Waals surface area contributed by atoms with Gasteiger partial charge in [-0.2, -0.15) is 5.26 Å². The molecule has 0 bridgehead atoms. The Bertz CT molecular complexity index is 1080. The highest BCUT2D eigenvalue weighted by molar-refractivity contribution is 7.90. The first-order valence-corrected chi connectivity index (χ1v) is 11.6. The van der Waals surface area contributed by atoms with Crippen LogP contribution in [-0.4, -0.2) is 55.0 Å². The van der Waals surface area contributed by atoms with Crippen LogP contribution in [0, 0.1) is 11.3 Å². The molecule has 1 atom stereocenters. The number of rotatable bonds is 6. The molecule has 1 saturated heterocycles. The van der Waals surface area contributed by atoms with Crippen molar-refractivity contribution < 1.29 is 22.7 Å². The van der Waals surface area contributed by atoms with Gasteiger partial charge in [0.15, 0.2) is 27.4 Å². The van der Waals surface area contributed by atoms with Gasteiger partial charge < -0.3 is 14.8 Å². The van der Waals surface area contributed by atoms with E-state index in [-0.39, 0.29) is 28.8 Å². The van der Waals surface area contributed by atoms with E-state index in [1.165, 1.54) is 23.4 Å². The number of carbonyl (C=O) groups excluding carboxylic acids is 1. The second-order valence-corrected chi connectivity index (χ2v) is 8.91. The summed E-state index contributed by atoms with van der Waals surface area (Å²) in [6.07, 6.45) is 3.60. The van der Waals surface area contributed by atoms with Gasteiger partial charge in [-0.25, -0.2) is 23.2 Å². The molecule has 164 valence electrons. The lowest BCUT2D eigenvalue weighted by Gasteiger charge is -2.34. The average molecular weight is 446 g/mol. The van der Waals surface area contributed by atoms with Gasteiger partial charge in [-0.1, -0.05) is 0 Å². The molecule has 10 nitrogen and oxygen atoms in total. The monoisotopic (exact) mass is 445 g/mol. The Morgan fingerprint density at radius 3 is 2.68 bits per heavy atom. The van der Waals surface area contributed by atoms with E-state index in [2.05, 4.69) is 15.3 Å². The molecule has 11 heteroatoms. The molecule has 1 aliphatic heterocycles. The van der Waals surface area contributed by atoms with Crippen LogP contribution in [0.3, 0.4) is 0 Å². The van der Waals surface area contributed by atoms with Crippen LogP contribution in [0.2, 0.25) is 0 Å². The number of nitrogens with zero attached hydrogens (tertiary/aromatic N) is 4. The molecule has 1 fully saturated rings. The molecule has 1 aromatic carbocycles. The SMILES string of the molecule is CCOC(=O)N1CCCCC1Oc1ncnc(Nc2ccc(S(C)(=O)=O)cc2)c1C#N. The number of likely N-dealkylation sites (tertiary alicyclic amines) is 1. The number of anilines is 2. The number of ether oxygens (including phenoxy) is 2. The van der Waals surface area contributed by atoms with E-state index >= 15 is 0 Å². The van der Waals surface area contributed by atoms with Crippen LogP contribution in [0.25, 0.3) is 0 Å². The van der Waals surface area contributed by atoms with Gasteiger partial charge in [0.2, 0.25) is 5.88 Å². The van der Waals surface area contributed by atoms with Gasteiger partial charge in [-0.15, -0.1) is 0 Å². The van der Waals surface area contributed by atoms with E-state index in [1.54, 1.807) is 19.1 Å². The summed E-state index contributed by atoms with van der Waals surface area (Å²) in [5.41, 5.74) is 0.614. The van der Waals surface area contributed by atoms with Gasteiger partial charge in [0, 0.05) is 24.9 Å². The third-order valence-electron chi connectivity index (χ3n) is 4.67. The topological polar surface area (TPSA) is 135 Å². The first-order chi connectivity index (χ1) is 14.8.